The van der Waals surface area contributed by atoms with Crippen LogP contribution in [0.3, 0.4) is 0 Å². The van der Waals surface area contributed by atoms with E-state index in [1.54, 1.807) is 0 Å². The summed E-state index contributed by atoms with van der Waals surface area (Å²) in [7, 11) is 0. The first kappa shape index (κ1) is 25.5. The van der Waals surface area contributed by atoms with Crippen LogP contribution in [-0.4, -0.2) is 61.8 Å². The number of carbonyl (C=O) groups is 1. The molecule has 6 nitrogen and oxygen atoms in total. The summed E-state index contributed by atoms with van der Waals surface area (Å²) in [6.45, 7) is 13.5. The van der Waals surface area contributed by atoms with Gasteiger partial charge in [-0.1, -0.05) is 12.8 Å². The van der Waals surface area contributed by atoms with Gasteiger partial charge in [0.1, 0.15) is 5.60 Å². The van der Waals surface area contributed by atoms with E-state index in [1.807, 2.05) is 20.8 Å². The Labute approximate surface area is 188 Å². The van der Waals surface area contributed by atoms with Crippen molar-refractivity contribution in [2.24, 2.45) is 10.4 Å². The number of hydrogen-bond donors (Lipinski definition) is 1. The predicted octanol–water partition coefficient (Wildman–Crippen LogP) is 3.97. The van der Waals surface area contributed by atoms with E-state index < -0.39 is 0 Å². The Morgan fingerprint density at radius 3 is 2.61 bits per heavy atom. The summed E-state index contributed by atoms with van der Waals surface area (Å²) < 4.78 is 11.0. The molecule has 28 heavy (non-hydrogen) atoms. The molecule has 0 radical (unpaired) electrons. The van der Waals surface area contributed by atoms with Crippen molar-refractivity contribution in [3.8, 4) is 0 Å². The van der Waals surface area contributed by atoms with Crippen molar-refractivity contribution >= 4 is 35.9 Å². The number of nitrogens with one attached hydrogen (secondary N) is 1. The Balaban J connectivity index is 0.00000392. The number of rotatable bonds is 8. The molecule has 1 N–H and O–H groups in total. The lowest BCUT2D eigenvalue weighted by atomic mass is 9.87. The second-order valence-corrected chi connectivity index (χ2v) is 8.96. The van der Waals surface area contributed by atoms with Crippen LogP contribution in [0.4, 0.5) is 0 Å². The number of aliphatic imine (C=N–C) groups is 1. The van der Waals surface area contributed by atoms with E-state index in [0.29, 0.717) is 11.8 Å². The molecule has 0 aromatic heterocycles. The molecule has 0 aromatic rings. The number of guanidine groups is 1. The number of likely N-dealkylation sites (tertiary alicyclic amines) is 1. The molecule has 7 heteroatoms. The first-order valence-corrected chi connectivity index (χ1v) is 10.7. The number of esters is 1. The van der Waals surface area contributed by atoms with Crippen LogP contribution in [-0.2, 0) is 14.3 Å². The van der Waals surface area contributed by atoms with Gasteiger partial charge in [0.15, 0.2) is 5.96 Å². The maximum Gasteiger partial charge on any atom is 0.306 e. The van der Waals surface area contributed by atoms with E-state index in [-0.39, 0.29) is 35.5 Å². The van der Waals surface area contributed by atoms with Gasteiger partial charge in [-0.15, -0.1) is 24.0 Å². The Morgan fingerprint density at radius 2 is 1.96 bits per heavy atom. The molecular weight excluding hydrogens is 469 g/mol. The number of hydrogen-bond acceptors (Lipinski definition) is 4. The summed E-state index contributed by atoms with van der Waals surface area (Å²) >= 11 is 0. The van der Waals surface area contributed by atoms with E-state index >= 15 is 0 Å². The van der Waals surface area contributed by atoms with Crippen LogP contribution in [0.2, 0.25) is 0 Å². The summed E-state index contributed by atoms with van der Waals surface area (Å²) in [6, 6.07) is 0. The summed E-state index contributed by atoms with van der Waals surface area (Å²) in [5, 5.41) is 3.44. The van der Waals surface area contributed by atoms with E-state index in [9.17, 15) is 4.79 Å². The predicted molar refractivity (Wildman–Crippen MR) is 124 cm³/mol. The van der Waals surface area contributed by atoms with Crippen LogP contribution >= 0.6 is 24.0 Å². The van der Waals surface area contributed by atoms with Crippen LogP contribution in [0.5, 0.6) is 0 Å². The molecule has 2 heterocycles. The largest absolute Gasteiger partial charge is 0.460 e. The fourth-order valence-electron chi connectivity index (χ4n) is 3.83. The molecule has 0 amide bonds. The summed E-state index contributed by atoms with van der Waals surface area (Å²) in [6.07, 6.45) is 7.02. The van der Waals surface area contributed by atoms with Crippen molar-refractivity contribution in [3.05, 3.63) is 0 Å². The fraction of sp³-hybridized carbons (Fsp3) is 0.905. The zero-order valence-electron chi connectivity index (χ0n) is 18.2. The van der Waals surface area contributed by atoms with Gasteiger partial charge < -0.3 is 19.7 Å². The third kappa shape index (κ3) is 8.84. The first-order valence-electron chi connectivity index (χ1n) is 10.7. The molecule has 2 fully saturated rings. The van der Waals surface area contributed by atoms with E-state index in [0.717, 1.165) is 71.0 Å². The zero-order valence-corrected chi connectivity index (χ0v) is 20.6. The lowest BCUT2D eigenvalue weighted by Crippen LogP contribution is -2.41. The average molecular weight is 509 g/mol. The molecule has 0 aliphatic carbocycles. The molecule has 2 aliphatic rings. The molecule has 0 bridgehead atoms. The maximum atomic E-state index is 11.7. The highest BCUT2D eigenvalue weighted by Gasteiger charge is 2.42. The topological polar surface area (TPSA) is 63.2 Å². The molecule has 1 spiro atoms. The highest BCUT2D eigenvalue weighted by atomic mass is 127. The quantitative estimate of drug-likeness (QED) is 0.176. The number of carbonyl (C=O) groups excluding carboxylic acids is 1. The number of unbranched alkanes of at least 4 members (excludes halogenated alkanes) is 3. The SMILES string of the molecule is CCNC(=NCCCCCCC(=O)OC(C)(C)C)N1CCC2(CCOC2)C1.I. The lowest BCUT2D eigenvalue weighted by molar-refractivity contribution is -0.154. The third-order valence-electron chi connectivity index (χ3n) is 5.23. The fourth-order valence-corrected chi connectivity index (χ4v) is 3.83. The molecule has 2 aliphatic heterocycles. The second kappa shape index (κ2) is 12.2. The Hall–Kier alpha value is -0.570. The van der Waals surface area contributed by atoms with Crippen molar-refractivity contribution in [1.82, 2.24) is 10.2 Å². The zero-order chi connectivity index (χ0) is 19.8. The molecular formula is C21H40IN3O3. The first-order chi connectivity index (χ1) is 12.8. The average Bonchev–Trinajstić information content (AvgIpc) is 3.21. The third-order valence-corrected chi connectivity index (χ3v) is 5.23. The van der Waals surface area contributed by atoms with Gasteiger partial charge in [-0.2, -0.15) is 0 Å². The Kier molecular flexibility index (Phi) is 11.1. The van der Waals surface area contributed by atoms with Gasteiger partial charge in [0, 0.05) is 44.6 Å². The molecule has 0 saturated carbocycles. The molecule has 1 atom stereocenters. The highest BCUT2D eigenvalue weighted by molar-refractivity contribution is 14.0. The Bertz CT molecular complexity index is 500. The van der Waals surface area contributed by atoms with Crippen LogP contribution in [0, 0.1) is 5.41 Å². The number of nitrogens with zero attached hydrogens (tertiary/aromatic N) is 2. The summed E-state index contributed by atoms with van der Waals surface area (Å²) in [4.78, 5) is 18.9. The minimum absolute atomic E-state index is 0. The van der Waals surface area contributed by atoms with Crippen molar-refractivity contribution in [1.29, 1.82) is 0 Å². The molecule has 2 saturated heterocycles. The van der Waals surface area contributed by atoms with Crippen LogP contribution in [0.15, 0.2) is 4.99 Å². The normalized spacial score (nSPS) is 22.4. The van der Waals surface area contributed by atoms with Gasteiger partial charge in [0.25, 0.3) is 0 Å². The van der Waals surface area contributed by atoms with E-state index in [1.165, 1.54) is 12.8 Å². The van der Waals surface area contributed by atoms with Gasteiger partial charge >= 0.3 is 5.97 Å². The van der Waals surface area contributed by atoms with E-state index in [2.05, 4.69) is 17.1 Å². The lowest BCUT2D eigenvalue weighted by Gasteiger charge is -2.25. The second-order valence-electron chi connectivity index (χ2n) is 8.96. The monoisotopic (exact) mass is 509 g/mol. The minimum Gasteiger partial charge on any atom is -0.460 e. The van der Waals surface area contributed by atoms with Crippen LogP contribution in [0.1, 0.15) is 72.6 Å². The van der Waals surface area contributed by atoms with Crippen LogP contribution < -0.4 is 5.32 Å². The highest BCUT2D eigenvalue weighted by Crippen LogP contribution is 2.38. The molecule has 164 valence electrons. The summed E-state index contributed by atoms with van der Waals surface area (Å²) in [5.41, 5.74) is -0.0227. The smallest absolute Gasteiger partial charge is 0.306 e. The van der Waals surface area contributed by atoms with Gasteiger partial charge in [0.2, 0.25) is 0 Å². The van der Waals surface area contributed by atoms with Crippen molar-refractivity contribution < 1.29 is 14.3 Å². The Morgan fingerprint density at radius 1 is 1.21 bits per heavy atom. The van der Waals surface area contributed by atoms with Gasteiger partial charge in [-0.3, -0.25) is 9.79 Å². The van der Waals surface area contributed by atoms with E-state index in [4.69, 9.17) is 14.5 Å². The van der Waals surface area contributed by atoms with Gasteiger partial charge in [0.05, 0.1) is 6.61 Å². The van der Waals surface area contributed by atoms with Crippen molar-refractivity contribution in [2.45, 2.75) is 78.2 Å². The van der Waals surface area contributed by atoms with Crippen molar-refractivity contribution in [3.63, 3.8) is 0 Å². The standard InChI is InChI=1S/C21H39N3O3.HI/c1-5-22-19(24-14-11-21(16-24)12-15-26-17-21)23-13-9-7-6-8-10-18(25)27-20(2,3)4;/h5-17H2,1-4H3,(H,22,23);1H. The van der Waals surface area contributed by atoms with Gasteiger partial charge in [-0.05, 0) is 53.4 Å². The molecule has 1 unspecified atom stereocenters. The number of ether oxygens (including phenoxy) is 2. The maximum absolute atomic E-state index is 11.7. The van der Waals surface area contributed by atoms with Gasteiger partial charge in [-0.25, -0.2) is 0 Å². The molecule has 0 aromatic carbocycles. The summed E-state index contributed by atoms with van der Waals surface area (Å²) in [5.74, 6) is 0.962. The van der Waals surface area contributed by atoms with Crippen molar-refractivity contribution in [2.75, 3.05) is 39.4 Å². The molecule has 2 rings (SSSR count). The minimum atomic E-state index is -0.382. The number of halogens is 1. The van der Waals surface area contributed by atoms with Crippen LogP contribution in [0.25, 0.3) is 0 Å².